The summed E-state index contributed by atoms with van der Waals surface area (Å²) in [7, 11) is 0. The van der Waals surface area contributed by atoms with E-state index in [4.69, 9.17) is 19.4 Å². The van der Waals surface area contributed by atoms with Crippen LogP contribution in [0.2, 0.25) is 0 Å². The first-order valence-corrected chi connectivity index (χ1v) is 20.2. The lowest BCUT2D eigenvalue weighted by molar-refractivity contribution is 0.670. The average molecular weight is 758 g/mol. The summed E-state index contributed by atoms with van der Waals surface area (Å²) in [6.07, 6.45) is 0. The van der Waals surface area contributed by atoms with Gasteiger partial charge in [0.1, 0.15) is 11.2 Å². The molecule has 0 N–H and O–H groups in total. The summed E-state index contributed by atoms with van der Waals surface area (Å²) in [4.78, 5) is 15.6. The molecule has 12 rings (SSSR count). The van der Waals surface area contributed by atoms with Gasteiger partial charge in [-0.2, -0.15) is 0 Å². The number of fused-ring (bicyclic) bond motifs is 9. The molecule has 0 saturated heterocycles. The molecule has 270 valence electrons. The topological polar surface area (TPSA) is 51.8 Å². The maximum Gasteiger partial charge on any atom is 0.164 e. The van der Waals surface area contributed by atoms with Crippen molar-refractivity contribution < 1.29 is 4.42 Å². The fourth-order valence-electron chi connectivity index (χ4n) is 8.58. The quantitative estimate of drug-likeness (QED) is 0.175. The third kappa shape index (κ3) is 5.25. The van der Waals surface area contributed by atoms with Gasteiger partial charge in [-0.05, 0) is 62.5 Å². The Hall–Kier alpha value is -7.47. The smallest absolute Gasteiger partial charge is 0.164 e. The molecular formula is C53H31N3OS. The Balaban J connectivity index is 1.07. The van der Waals surface area contributed by atoms with Crippen molar-refractivity contribution in [3.63, 3.8) is 0 Å². The number of furan rings is 1. The summed E-state index contributed by atoms with van der Waals surface area (Å²) in [6, 6.07) is 66.1. The van der Waals surface area contributed by atoms with E-state index in [9.17, 15) is 0 Å². The Labute approximate surface area is 337 Å². The molecule has 3 aromatic heterocycles. The minimum Gasteiger partial charge on any atom is -0.455 e. The summed E-state index contributed by atoms with van der Waals surface area (Å²) in [6.45, 7) is 0. The van der Waals surface area contributed by atoms with Crippen LogP contribution < -0.4 is 0 Å². The van der Waals surface area contributed by atoms with E-state index in [1.54, 1.807) is 0 Å². The highest BCUT2D eigenvalue weighted by Gasteiger charge is 2.21. The van der Waals surface area contributed by atoms with Crippen LogP contribution in [0.1, 0.15) is 0 Å². The van der Waals surface area contributed by atoms with E-state index in [1.165, 1.54) is 36.3 Å². The molecular weight excluding hydrogens is 727 g/mol. The average Bonchev–Trinajstić information content (AvgIpc) is 3.88. The molecule has 4 nitrogen and oxygen atoms in total. The molecule has 12 aromatic rings. The molecule has 0 spiro atoms. The van der Waals surface area contributed by atoms with Gasteiger partial charge in [0.2, 0.25) is 0 Å². The zero-order chi connectivity index (χ0) is 38.2. The fraction of sp³-hybridized carbons (Fsp3) is 0. The minimum atomic E-state index is 0.594. The van der Waals surface area contributed by atoms with Crippen molar-refractivity contribution in [1.29, 1.82) is 0 Å². The molecule has 0 saturated carbocycles. The first kappa shape index (κ1) is 32.7. The molecule has 0 radical (unpaired) electrons. The Bertz CT molecular complexity index is 3570. The molecule has 58 heavy (non-hydrogen) atoms. The number of para-hydroxylation sites is 1. The first-order valence-electron chi connectivity index (χ1n) is 19.4. The van der Waals surface area contributed by atoms with E-state index in [1.807, 2.05) is 29.5 Å². The molecule has 0 amide bonds. The van der Waals surface area contributed by atoms with Gasteiger partial charge in [-0.25, -0.2) is 15.0 Å². The normalized spacial score (nSPS) is 11.8. The van der Waals surface area contributed by atoms with Crippen molar-refractivity contribution in [3.8, 4) is 56.4 Å². The van der Waals surface area contributed by atoms with Crippen LogP contribution in [0.4, 0.5) is 0 Å². The highest BCUT2D eigenvalue weighted by atomic mass is 32.1. The van der Waals surface area contributed by atoms with Crippen LogP contribution >= 0.6 is 11.3 Å². The van der Waals surface area contributed by atoms with Crippen molar-refractivity contribution in [1.82, 2.24) is 15.0 Å². The summed E-state index contributed by atoms with van der Waals surface area (Å²) >= 11 is 1.84. The molecule has 3 heterocycles. The van der Waals surface area contributed by atoms with Crippen molar-refractivity contribution in [2.24, 2.45) is 0 Å². The van der Waals surface area contributed by atoms with Gasteiger partial charge < -0.3 is 4.42 Å². The van der Waals surface area contributed by atoms with Crippen LogP contribution in [0, 0.1) is 0 Å². The Morgan fingerprint density at radius 3 is 1.83 bits per heavy atom. The minimum absolute atomic E-state index is 0.594. The number of rotatable bonds is 5. The van der Waals surface area contributed by atoms with Crippen LogP contribution in [-0.2, 0) is 0 Å². The Kier molecular flexibility index (Phi) is 7.37. The van der Waals surface area contributed by atoms with E-state index in [-0.39, 0.29) is 0 Å². The highest BCUT2D eigenvalue weighted by molar-refractivity contribution is 7.26. The number of benzene rings is 9. The molecule has 0 bridgehead atoms. The maximum absolute atomic E-state index is 6.89. The van der Waals surface area contributed by atoms with Gasteiger partial charge in [0.25, 0.3) is 0 Å². The molecule has 0 aliphatic rings. The van der Waals surface area contributed by atoms with Crippen molar-refractivity contribution in [3.05, 3.63) is 188 Å². The third-order valence-corrected chi connectivity index (χ3v) is 12.4. The van der Waals surface area contributed by atoms with Gasteiger partial charge in [-0.15, -0.1) is 11.3 Å². The Morgan fingerprint density at radius 1 is 0.345 bits per heavy atom. The second-order valence-corrected chi connectivity index (χ2v) is 15.8. The van der Waals surface area contributed by atoms with Crippen LogP contribution in [0.5, 0.6) is 0 Å². The summed E-state index contributed by atoms with van der Waals surface area (Å²) in [5, 5.41) is 9.35. The summed E-state index contributed by atoms with van der Waals surface area (Å²) in [5.74, 6) is 1.82. The van der Waals surface area contributed by atoms with Crippen LogP contribution in [-0.4, -0.2) is 15.0 Å². The van der Waals surface area contributed by atoms with Gasteiger partial charge >= 0.3 is 0 Å². The van der Waals surface area contributed by atoms with Crippen LogP contribution in [0.25, 0.3) is 120 Å². The summed E-state index contributed by atoms with van der Waals surface area (Å²) < 4.78 is 9.44. The van der Waals surface area contributed by atoms with Gasteiger partial charge in [-0.1, -0.05) is 164 Å². The van der Waals surface area contributed by atoms with Gasteiger partial charge in [-0.3, -0.25) is 0 Å². The molecule has 9 aromatic carbocycles. The number of hydrogen-bond donors (Lipinski definition) is 0. The van der Waals surface area contributed by atoms with E-state index in [2.05, 4.69) is 170 Å². The monoisotopic (exact) mass is 757 g/mol. The SMILES string of the molecule is c1ccc(-c2ccc(-c3nc(-c4ccc5ccccc5c4)nc(-c4cccc5oc6c(-c7cc8sc9ccccc9c8c8ccccc78)cccc6c45)n3)cc2)cc1. The zero-order valence-corrected chi connectivity index (χ0v) is 31.9. The third-order valence-electron chi connectivity index (χ3n) is 11.3. The fourth-order valence-corrected chi connectivity index (χ4v) is 9.75. The van der Waals surface area contributed by atoms with E-state index >= 15 is 0 Å². The van der Waals surface area contributed by atoms with Crippen molar-refractivity contribution in [2.75, 3.05) is 0 Å². The second-order valence-electron chi connectivity index (χ2n) is 14.7. The molecule has 0 aliphatic heterocycles. The van der Waals surface area contributed by atoms with Gasteiger partial charge in [0.05, 0.1) is 0 Å². The lowest BCUT2D eigenvalue weighted by Crippen LogP contribution is -2.00. The lowest BCUT2D eigenvalue weighted by Gasteiger charge is -2.11. The largest absolute Gasteiger partial charge is 0.455 e. The first-order chi connectivity index (χ1) is 28.7. The second kappa shape index (κ2) is 13.1. The lowest BCUT2D eigenvalue weighted by atomic mass is 9.93. The van der Waals surface area contributed by atoms with Crippen molar-refractivity contribution >= 4 is 75.0 Å². The van der Waals surface area contributed by atoms with E-state index in [0.717, 1.165) is 66.3 Å². The zero-order valence-electron chi connectivity index (χ0n) is 31.1. The number of thiophene rings is 1. The van der Waals surface area contributed by atoms with E-state index < -0.39 is 0 Å². The number of nitrogens with zero attached hydrogens (tertiary/aromatic N) is 3. The van der Waals surface area contributed by atoms with Crippen LogP contribution in [0.3, 0.4) is 0 Å². The van der Waals surface area contributed by atoms with Gasteiger partial charge in [0, 0.05) is 53.2 Å². The van der Waals surface area contributed by atoms with E-state index in [0.29, 0.717) is 17.5 Å². The highest BCUT2D eigenvalue weighted by Crippen LogP contribution is 2.46. The molecule has 0 atom stereocenters. The van der Waals surface area contributed by atoms with Gasteiger partial charge in [0.15, 0.2) is 17.5 Å². The predicted octanol–water partition coefficient (Wildman–Crippen LogP) is 14.8. The Morgan fingerprint density at radius 2 is 0.966 bits per heavy atom. The predicted molar refractivity (Wildman–Crippen MR) is 242 cm³/mol. The molecule has 0 aliphatic carbocycles. The molecule has 5 heteroatoms. The van der Waals surface area contributed by atoms with Crippen molar-refractivity contribution in [2.45, 2.75) is 0 Å². The molecule has 0 fully saturated rings. The number of aromatic nitrogens is 3. The molecule has 0 unspecified atom stereocenters. The standard InChI is InChI=1S/C53H31N3OS/c1-2-12-32(13-3-1)34-24-27-35(28-25-34)51-54-52(37-29-26-33-14-4-5-15-36(33)30-37)56-53(55-51)43-21-11-22-45-48(43)42-20-10-19-40(50(42)57-45)44-31-47-49(39-17-7-6-16-38(39)44)41-18-8-9-23-46(41)58-47/h1-31H. The maximum atomic E-state index is 6.89. The number of hydrogen-bond acceptors (Lipinski definition) is 5. The summed E-state index contributed by atoms with van der Waals surface area (Å²) in [5.41, 5.74) is 8.88. The van der Waals surface area contributed by atoms with Crippen LogP contribution in [0.15, 0.2) is 192 Å².